The molecule has 0 fully saturated rings. The van der Waals surface area contributed by atoms with Gasteiger partial charge in [-0.1, -0.05) is 48.0 Å². The fourth-order valence-corrected chi connectivity index (χ4v) is 4.44. The molecule has 4 aromatic rings. The average Bonchev–Trinajstić information content (AvgIpc) is 2.86. The van der Waals surface area contributed by atoms with Crippen molar-refractivity contribution < 1.29 is 23.0 Å². The summed E-state index contributed by atoms with van der Waals surface area (Å²) in [5.74, 6) is 0.804. The molecule has 2 atom stereocenters. The molecule has 3 nitrogen and oxygen atoms in total. The van der Waals surface area contributed by atoms with Gasteiger partial charge in [0.1, 0.15) is 5.75 Å². The van der Waals surface area contributed by atoms with Gasteiger partial charge in [-0.25, -0.2) is 0 Å². The van der Waals surface area contributed by atoms with E-state index in [9.17, 15) is 18.3 Å². The standard InChI is InChI=1S/C29H27ClF3NO2/c1-36-27-14-8-20-15-19(5-7-21(20)17-27)6-13-26(35)18-28(22-3-2-4-24(30)16-22)34-25-11-9-23(10-12-25)29(31,32)33/h2-5,7-12,14-17,26,28,34-35H,6,13,18H2,1H3. The van der Waals surface area contributed by atoms with E-state index < -0.39 is 17.8 Å². The molecule has 0 aliphatic rings. The van der Waals surface area contributed by atoms with Crippen LogP contribution in [0.4, 0.5) is 18.9 Å². The van der Waals surface area contributed by atoms with Gasteiger partial charge in [-0.2, -0.15) is 13.2 Å². The van der Waals surface area contributed by atoms with E-state index >= 15 is 0 Å². The summed E-state index contributed by atoms with van der Waals surface area (Å²) in [7, 11) is 1.64. The quantitative estimate of drug-likeness (QED) is 0.238. The van der Waals surface area contributed by atoms with E-state index in [0.717, 1.165) is 39.8 Å². The summed E-state index contributed by atoms with van der Waals surface area (Å²) in [5, 5.41) is 16.9. The number of alkyl halides is 3. The molecule has 0 aliphatic heterocycles. The Morgan fingerprint density at radius 2 is 1.64 bits per heavy atom. The Labute approximate surface area is 213 Å². The van der Waals surface area contributed by atoms with E-state index in [4.69, 9.17) is 16.3 Å². The van der Waals surface area contributed by atoms with E-state index in [1.807, 2.05) is 42.5 Å². The summed E-state index contributed by atoms with van der Waals surface area (Å²) < 4.78 is 44.1. The predicted octanol–water partition coefficient (Wildman–Crippen LogP) is 8.06. The van der Waals surface area contributed by atoms with Crippen LogP contribution in [0.5, 0.6) is 5.75 Å². The third-order valence-electron chi connectivity index (χ3n) is 6.19. The number of aliphatic hydroxyl groups is 1. The molecule has 0 radical (unpaired) electrons. The lowest BCUT2D eigenvalue weighted by atomic mass is 9.96. The first kappa shape index (κ1) is 25.9. The van der Waals surface area contributed by atoms with Crippen molar-refractivity contribution in [3.8, 4) is 5.75 Å². The number of rotatable bonds is 9. The maximum Gasteiger partial charge on any atom is 0.416 e. The number of methoxy groups -OCH3 is 1. The topological polar surface area (TPSA) is 41.5 Å². The Morgan fingerprint density at radius 3 is 2.33 bits per heavy atom. The SMILES string of the molecule is COc1ccc2cc(CCC(O)CC(Nc3ccc(C(F)(F)F)cc3)c3cccc(Cl)c3)ccc2c1. The summed E-state index contributed by atoms with van der Waals surface area (Å²) in [6, 6.07) is 23.9. The maximum atomic E-state index is 12.9. The van der Waals surface area contributed by atoms with Crippen LogP contribution >= 0.6 is 11.6 Å². The number of fused-ring (bicyclic) bond motifs is 1. The molecular weight excluding hydrogens is 487 g/mol. The van der Waals surface area contributed by atoms with Crippen LogP contribution in [0.2, 0.25) is 5.02 Å². The van der Waals surface area contributed by atoms with Crippen molar-refractivity contribution in [3.05, 3.63) is 107 Å². The maximum absolute atomic E-state index is 12.9. The van der Waals surface area contributed by atoms with Gasteiger partial charge in [0.15, 0.2) is 0 Å². The Morgan fingerprint density at radius 1 is 0.917 bits per heavy atom. The summed E-state index contributed by atoms with van der Waals surface area (Å²) in [6.07, 6.45) is -3.44. The first-order chi connectivity index (χ1) is 17.2. The highest BCUT2D eigenvalue weighted by Crippen LogP contribution is 2.32. The molecule has 0 bridgehead atoms. The van der Waals surface area contributed by atoms with Gasteiger partial charge in [-0.05, 0) is 89.7 Å². The van der Waals surface area contributed by atoms with Gasteiger partial charge in [0.25, 0.3) is 0 Å². The first-order valence-corrected chi connectivity index (χ1v) is 12.0. The summed E-state index contributed by atoms with van der Waals surface area (Å²) in [6.45, 7) is 0. The minimum atomic E-state index is -4.39. The third-order valence-corrected chi connectivity index (χ3v) is 6.43. The molecule has 2 N–H and O–H groups in total. The molecule has 188 valence electrons. The van der Waals surface area contributed by atoms with E-state index in [1.54, 1.807) is 19.2 Å². The molecule has 0 aromatic heterocycles. The zero-order valence-electron chi connectivity index (χ0n) is 19.7. The highest BCUT2D eigenvalue weighted by molar-refractivity contribution is 6.30. The smallest absolute Gasteiger partial charge is 0.416 e. The Bertz CT molecular complexity index is 1310. The van der Waals surface area contributed by atoms with Crippen LogP contribution in [0.1, 0.15) is 35.6 Å². The molecule has 0 amide bonds. The van der Waals surface area contributed by atoms with Crippen molar-refractivity contribution >= 4 is 28.1 Å². The lowest BCUT2D eigenvalue weighted by molar-refractivity contribution is -0.137. The Balaban J connectivity index is 1.45. The van der Waals surface area contributed by atoms with Gasteiger partial charge in [0, 0.05) is 10.7 Å². The van der Waals surface area contributed by atoms with Crippen molar-refractivity contribution in [1.29, 1.82) is 0 Å². The molecule has 4 aromatic carbocycles. The molecule has 0 aliphatic carbocycles. The van der Waals surface area contributed by atoms with E-state index in [1.165, 1.54) is 12.1 Å². The Hall–Kier alpha value is -3.22. The summed E-state index contributed by atoms with van der Waals surface area (Å²) in [4.78, 5) is 0. The van der Waals surface area contributed by atoms with Crippen LogP contribution in [0.25, 0.3) is 10.8 Å². The summed E-state index contributed by atoms with van der Waals surface area (Å²) in [5.41, 5.74) is 1.79. The number of nitrogens with one attached hydrogen (secondary N) is 1. The van der Waals surface area contributed by atoms with Gasteiger partial charge in [0.2, 0.25) is 0 Å². The van der Waals surface area contributed by atoms with Crippen LogP contribution in [0.3, 0.4) is 0 Å². The zero-order valence-corrected chi connectivity index (χ0v) is 20.5. The highest BCUT2D eigenvalue weighted by atomic mass is 35.5. The van der Waals surface area contributed by atoms with E-state index in [-0.39, 0.29) is 6.04 Å². The number of anilines is 1. The first-order valence-electron chi connectivity index (χ1n) is 11.7. The number of ether oxygens (including phenoxy) is 1. The predicted molar refractivity (Wildman–Crippen MR) is 139 cm³/mol. The van der Waals surface area contributed by atoms with Crippen molar-refractivity contribution in [1.82, 2.24) is 0 Å². The lowest BCUT2D eigenvalue weighted by Gasteiger charge is -2.24. The molecular formula is C29H27ClF3NO2. The molecule has 0 saturated heterocycles. The van der Waals surface area contributed by atoms with E-state index in [2.05, 4.69) is 11.4 Å². The molecule has 4 rings (SSSR count). The molecule has 0 heterocycles. The van der Waals surface area contributed by atoms with Gasteiger partial charge in [0.05, 0.1) is 24.8 Å². The van der Waals surface area contributed by atoms with Crippen molar-refractivity contribution in [2.45, 2.75) is 37.6 Å². The average molecular weight is 514 g/mol. The van der Waals surface area contributed by atoms with Gasteiger partial charge >= 0.3 is 6.18 Å². The lowest BCUT2D eigenvalue weighted by Crippen LogP contribution is -2.19. The van der Waals surface area contributed by atoms with Crippen LogP contribution in [-0.2, 0) is 12.6 Å². The van der Waals surface area contributed by atoms with Crippen molar-refractivity contribution in [2.24, 2.45) is 0 Å². The van der Waals surface area contributed by atoms with Crippen molar-refractivity contribution in [3.63, 3.8) is 0 Å². The van der Waals surface area contributed by atoms with Gasteiger partial charge in [-0.15, -0.1) is 0 Å². The van der Waals surface area contributed by atoms with Crippen LogP contribution < -0.4 is 10.1 Å². The molecule has 36 heavy (non-hydrogen) atoms. The minimum absolute atomic E-state index is 0.334. The second-order valence-corrected chi connectivity index (χ2v) is 9.24. The second-order valence-electron chi connectivity index (χ2n) is 8.80. The molecule has 2 unspecified atom stereocenters. The number of halogens is 4. The largest absolute Gasteiger partial charge is 0.497 e. The number of benzene rings is 4. The highest BCUT2D eigenvalue weighted by Gasteiger charge is 2.30. The van der Waals surface area contributed by atoms with Gasteiger partial charge < -0.3 is 15.2 Å². The number of hydrogen-bond acceptors (Lipinski definition) is 3. The molecule has 0 saturated carbocycles. The molecule has 7 heteroatoms. The van der Waals surface area contributed by atoms with Crippen LogP contribution in [-0.4, -0.2) is 18.3 Å². The fraction of sp³-hybridized carbons (Fsp3) is 0.241. The number of aliphatic hydroxyl groups excluding tert-OH is 1. The Kier molecular flexibility index (Phi) is 8.07. The van der Waals surface area contributed by atoms with Crippen LogP contribution in [0, 0.1) is 0 Å². The monoisotopic (exact) mass is 513 g/mol. The summed E-state index contributed by atoms with van der Waals surface area (Å²) >= 11 is 6.18. The number of hydrogen-bond donors (Lipinski definition) is 2. The van der Waals surface area contributed by atoms with Crippen molar-refractivity contribution in [2.75, 3.05) is 12.4 Å². The fourth-order valence-electron chi connectivity index (χ4n) is 4.24. The van der Waals surface area contributed by atoms with Gasteiger partial charge in [-0.3, -0.25) is 0 Å². The normalized spacial score (nSPS) is 13.4. The molecule has 0 spiro atoms. The zero-order chi connectivity index (χ0) is 25.7. The van der Waals surface area contributed by atoms with E-state index in [0.29, 0.717) is 30.0 Å². The minimum Gasteiger partial charge on any atom is -0.497 e. The third kappa shape index (κ3) is 6.71. The second kappa shape index (κ2) is 11.2. The number of aryl methyl sites for hydroxylation is 1. The van der Waals surface area contributed by atoms with Crippen LogP contribution in [0.15, 0.2) is 84.9 Å².